The Labute approximate surface area is 179 Å². The van der Waals surface area contributed by atoms with Gasteiger partial charge in [0.25, 0.3) is 0 Å². The first-order valence-corrected chi connectivity index (χ1v) is 11.4. The molecule has 2 aromatic rings. The van der Waals surface area contributed by atoms with Crippen molar-refractivity contribution in [2.75, 3.05) is 12.3 Å². The Hall–Kier alpha value is -2.27. The number of benzene rings is 2. The van der Waals surface area contributed by atoms with Gasteiger partial charge < -0.3 is 10.2 Å². The fraction of sp³-hybridized carbons (Fsp3) is 0.417. The second kappa shape index (κ2) is 12.3. The predicted octanol–water partition coefficient (Wildman–Crippen LogP) is 4.29. The molecule has 0 spiro atoms. The van der Waals surface area contributed by atoms with Crippen molar-refractivity contribution < 1.29 is 9.59 Å². The molecule has 4 nitrogen and oxygen atoms in total. The molecule has 0 aliphatic rings. The molecule has 2 aromatic carbocycles. The molecule has 5 heteroatoms. The van der Waals surface area contributed by atoms with Crippen LogP contribution in [-0.2, 0) is 21.8 Å². The maximum atomic E-state index is 13.0. The van der Waals surface area contributed by atoms with Gasteiger partial charge in [0.05, 0.1) is 5.75 Å². The zero-order chi connectivity index (χ0) is 21.1. The van der Waals surface area contributed by atoms with E-state index in [1.807, 2.05) is 57.2 Å². The van der Waals surface area contributed by atoms with Crippen LogP contribution in [0.5, 0.6) is 0 Å². The van der Waals surface area contributed by atoms with Crippen molar-refractivity contribution in [2.45, 2.75) is 51.4 Å². The van der Waals surface area contributed by atoms with E-state index >= 15 is 0 Å². The van der Waals surface area contributed by atoms with E-state index in [9.17, 15) is 9.59 Å². The molecule has 2 atom stereocenters. The molecule has 2 rings (SSSR count). The van der Waals surface area contributed by atoms with E-state index in [1.54, 1.807) is 16.7 Å². The number of carbonyl (C=O) groups excluding carboxylic acids is 2. The van der Waals surface area contributed by atoms with Crippen molar-refractivity contribution in [3.63, 3.8) is 0 Å². The fourth-order valence-electron chi connectivity index (χ4n) is 2.95. The van der Waals surface area contributed by atoms with Crippen LogP contribution in [0.15, 0.2) is 60.7 Å². The molecule has 2 amide bonds. The van der Waals surface area contributed by atoms with Gasteiger partial charge in [-0.05, 0) is 37.8 Å². The van der Waals surface area contributed by atoms with Gasteiger partial charge in [0.15, 0.2) is 0 Å². The number of nitrogens with zero attached hydrogens (tertiary/aromatic N) is 1. The summed E-state index contributed by atoms with van der Waals surface area (Å²) < 4.78 is 0. The number of thioether (sulfide) groups is 1. The standard InChI is InChI=1S/C24H32N2O2S/c1-4-19(2)25-24(28)20(3)26(16-15-21-11-7-5-8-12-21)23(27)18-29-17-22-13-9-6-10-14-22/h5-14,19-20H,4,15-18H2,1-3H3,(H,25,28)/t19-,20-/m1/s1. The third-order valence-corrected chi connectivity index (χ3v) is 5.98. The smallest absolute Gasteiger partial charge is 0.242 e. The van der Waals surface area contributed by atoms with Gasteiger partial charge in [-0.15, -0.1) is 11.8 Å². The first-order valence-electron chi connectivity index (χ1n) is 10.3. The molecule has 0 unspecified atom stereocenters. The van der Waals surface area contributed by atoms with E-state index in [4.69, 9.17) is 0 Å². The van der Waals surface area contributed by atoms with Crippen LogP contribution in [0.3, 0.4) is 0 Å². The van der Waals surface area contributed by atoms with Crippen LogP contribution in [0.1, 0.15) is 38.3 Å². The van der Waals surface area contributed by atoms with Crippen LogP contribution >= 0.6 is 11.8 Å². The van der Waals surface area contributed by atoms with Crippen LogP contribution in [0, 0.1) is 0 Å². The highest BCUT2D eigenvalue weighted by Gasteiger charge is 2.26. The van der Waals surface area contributed by atoms with Gasteiger partial charge in [-0.3, -0.25) is 9.59 Å². The highest BCUT2D eigenvalue weighted by atomic mass is 32.2. The van der Waals surface area contributed by atoms with E-state index in [0.717, 1.165) is 24.2 Å². The van der Waals surface area contributed by atoms with Gasteiger partial charge in [0, 0.05) is 18.3 Å². The number of rotatable bonds is 11. The van der Waals surface area contributed by atoms with Crippen LogP contribution in [0.2, 0.25) is 0 Å². The number of hydrogen-bond acceptors (Lipinski definition) is 3. The maximum absolute atomic E-state index is 13.0. The summed E-state index contributed by atoms with van der Waals surface area (Å²) in [6, 6.07) is 19.8. The largest absolute Gasteiger partial charge is 0.352 e. The van der Waals surface area contributed by atoms with Crippen LogP contribution < -0.4 is 5.32 Å². The Kier molecular flexibility index (Phi) is 9.78. The minimum atomic E-state index is -0.488. The number of hydrogen-bond donors (Lipinski definition) is 1. The third-order valence-electron chi connectivity index (χ3n) is 4.99. The zero-order valence-corrected chi connectivity index (χ0v) is 18.5. The summed E-state index contributed by atoms with van der Waals surface area (Å²) in [5.74, 6) is 1.07. The zero-order valence-electron chi connectivity index (χ0n) is 17.6. The van der Waals surface area contributed by atoms with Crippen molar-refractivity contribution >= 4 is 23.6 Å². The van der Waals surface area contributed by atoms with E-state index in [1.165, 1.54) is 5.56 Å². The summed E-state index contributed by atoms with van der Waals surface area (Å²) in [4.78, 5) is 27.4. The second-order valence-electron chi connectivity index (χ2n) is 7.29. The lowest BCUT2D eigenvalue weighted by Gasteiger charge is -2.29. The van der Waals surface area contributed by atoms with Gasteiger partial charge in [0.1, 0.15) is 6.04 Å². The van der Waals surface area contributed by atoms with E-state index in [2.05, 4.69) is 29.6 Å². The minimum absolute atomic E-state index is 0.00802. The van der Waals surface area contributed by atoms with Gasteiger partial charge in [-0.2, -0.15) is 0 Å². The fourth-order valence-corrected chi connectivity index (χ4v) is 3.82. The summed E-state index contributed by atoms with van der Waals surface area (Å²) in [7, 11) is 0. The number of amides is 2. The average Bonchev–Trinajstić information content (AvgIpc) is 2.75. The van der Waals surface area contributed by atoms with E-state index in [-0.39, 0.29) is 17.9 Å². The van der Waals surface area contributed by atoms with Crippen molar-refractivity contribution in [1.29, 1.82) is 0 Å². The molecule has 156 valence electrons. The molecule has 0 bridgehead atoms. The summed E-state index contributed by atoms with van der Waals surface area (Å²) in [6.45, 7) is 6.37. The molecule has 0 saturated heterocycles. The third kappa shape index (κ3) is 7.94. The molecule has 0 radical (unpaired) electrons. The molecule has 0 heterocycles. The van der Waals surface area contributed by atoms with Crippen molar-refractivity contribution in [1.82, 2.24) is 10.2 Å². The lowest BCUT2D eigenvalue weighted by molar-refractivity contribution is -0.138. The van der Waals surface area contributed by atoms with Crippen LogP contribution in [-0.4, -0.2) is 41.1 Å². The first-order chi connectivity index (χ1) is 14.0. The Balaban J connectivity index is 1.99. The first kappa shape index (κ1) is 23.0. The van der Waals surface area contributed by atoms with Crippen molar-refractivity contribution in [3.05, 3.63) is 71.8 Å². The normalized spacial score (nSPS) is 12.8. The highest BCUT2D eigenvalue weighted by molar-refractivity contribution is 7.99. The Morgan fingerprint density at radius 1 is 0.966 bits per heavy atom. The molecule has 0 aliphatic heterocycles. The monoisotopic (exact) mass is 412 g/mol. The molecule has 0 saturated carbocycles. The maximum Gasteiger partial charge on any atom is 0.242 e. The predicted molar refractivity (Wildman–Crippen MR) is 122 cm³/mol. The Bertz CT molecular complexity index is 752. The van der Waals surface area contributed by atoms with Gasteiger partial charge in [-0.1, -0.05) is 67.6 Å². The minimum Gasteiger partial charge on any atom is -0.352 e. The second-order valence-corrected chi connectivity index (χ2v) is 8.28. The Morgan fingerprint density at radius 3 is 2.14 bits per heavy atom. The van der Waals surface area contributed by atoms with E-state index < -0.39 is 6.04 Å². The summed E-state index contributed by atoms with van der Waals surface area (Å²) >= 11 is 1.59. The van der Waals surface area contributed by atoms with Gasteiger partial charge >= 0.3 is 0 Å². The molecular weight excluding hydrogens is 380 g/mol. The molecule has 1 N–H and O–H groups in total. The molecular formula is C24H32N2O2S. The number of nitrogens with one attached hydrogen (secondary N) is 1. The molecule has 0 fully saturated rings. The quantitative estimate of drug-likeness (QED) is 0.599. The summed E-state index contributed by atoms with van der Waals surface area (Å²) in [5.41, 5.74) is 2.36. The molecule has 29 heavy (non-hydrogen) atoms. The average molecular weight is 413 g/mol. The SMILES string of the molecule is CC[C@@H](C)NC(=O)[C@@H](C)N(CCc1ccccc1)C(=O)CSCc1ccccc1. The lowest BCUT2D eigenvalue weighted by Crippen LogP contribution is -2.51. The van der Waals surface area contributed by atoms with Crippen molar-refractivity contribution in [2.24, 2.45) is 0 Å². The van der Waals surface area contributed by atoms with Crippen molar-refractivity contribution in [3.8, 4) is 0 Å². The number of carbonyl (C=O) groups is 2. The lowest BCUT2D eigenvalue weighted by atomic mass is 10.1. The molecule has 0 aromatic heterocycles. The van der Waals surface area contributed by atoms with Gasteiger partial charge in [-0.25, -0.2) is 0 Å². The van der Waals surface area contributed by atoms with Crippen LogP contribution in [0.25, 0.3) is 0 Å². The van der Waals surface area contributed by atoms with Gasteiger partial charge in [0.2, 0.25) is 11.8 Å². The summed E-state index contributed by atoms with van der Waals surface area (Å²) in [6.07, 6.45) is 1.60. The van der Waals surface area contributed by atoms with E-state index in [0.29, 0.717) is 12.3 Å². The van der Waals surface area contributed by atoms with Crippen LogP contribution in [0.4, 0.5) is 0 Å². The topological polar surface area (TPSA) is 49.4 Å². The summed E-state index contributed by atoms with van der Waals surface area (Å²) in [5, 5.41) is 3.01. The molecule has 0 aliphatic carbocycles. The highest BCUT2D eigenvalue weighted by Crippen LogP contribution is 2.14. The Morgan fingerprint density at radius 2 is 1.55 bits per heavy atom.